The number of allylic oxidation sites excluding steroid dienone is 4. The first-order valence-corrected chi connectivity index (χ1v) is 8.54. The molecular weight excluding hydrogens is 302 g/mol. The minimum atomic E-state index is 0.791. The standard InChI is InChI=1S/C24H23N/c1-19-9-8-13-22(17-19)20(2)10-4-3-7-16-25-24-15-14-21-11-5-6-12-23(21)18-24/h3-15,17-18,25H,2,16H2,1H3/b7-3-,10-4-. The van der Waals surface area contributed by atoms with Crippen molar-refractivity contribution in [3.63, 3.8) is 0 Å². The molecule has 0 bridgehead atoms. The molecule has 0 fully saturated rings. The van der Waals surface area contributed by atoms with Crippen LogP contribution in [0.5, 0.6) is 0 Å². The third-order valence-electron chi connectivity index (χ3n) is 4.11. The highest BCUT2D eigenvalue weighted by molar-refractivity contribution is 5.85. The highest BCUT2D eigenvalue weighted by Crippen LogP contribution is 2.18. The summed E-state index contributed by atoms with van der Waals surface area (Å²) >= 11 is 0. The molecule has 124 valence electrons. The summed E-state index contributed by atoms with van der Waals surface area (Å²) in [4.78, 5) is 0. The number of aryl methyl sites for hydroxylation is 1. The van der Waals surface area contributed by atoms with E-state index in [9.17, 15) is 0 Å². The lowest BCUT2D eigenvalue weighted by Crippen LogP contribution is -1.97. The van der Waals surface area contributed by atoms with Gasteiger partial charge in [-0.3, -0.25) is 0 Å². The number of anilines is 1. The number of benzene rings is 3. The molecule has 0 saturated heterocycles. The third-order valence-corrected chi connectivity index (χ3v) is 4.11. The van der Waals surface area contributed by atoms with Crippen molar-refractivity contribution < 1.29 is 0 Å². The molecule has 0 amide bonds. The van der Waals surface area contributed by atoms with E-state index in [4.69, 9.17) is 0 Å². The fraction of sp³-hybridized carbons (Fsp3) is 0.0833. The van der Waals surface area contributed by atoms with E-state index in [1.807, 2.05) is 12.2 Å². The molecule has 0 aliphatic heterocycles. The lowest BCUT2D eigenvalue weighted by molar-refractivity contribution is 1.34. The zero-order valence-electron chi connectivity index (χ0n) is 14.6. The number of fused-ring (bicyclic) bond motifs is 1. The van der Waals surface area contributed by atoms with Gasteiger partial charge in [-0.25, -0.2) is 0 Å². The second-order valence-corrected chi connectivity index (χ2v) is 6.12. The Hall–Kier alpha value is -3.06. The maximum absolute atomic E-state index is 4.12. The van der Waals surface area contributed by atoms with Gasteiger partial charge in [0, 0.05) is 12.2 Å². The van der Waals surface area contributed by atoms with Gasteiger partial charge in [-0.05, 0) is 41.0 Å². The summed E-state index contributed by atoms with van der Waals surface area (Å²) in [5, 5.41) is 5.94. The van der Waals surface area contributed by atoms with Crippen LogP contribution in [-0.4, -0.2) is 6.54 Å². The Labute approximate surface area is 150 Å². The van der Waals surface area contributed by atoms with Crippen molar-refractivity contribution in [3.8, 4) is 0 Å². The lowest BCUT2D eigenvalue weighted by atomic mass is 10.0. The van der Waals surface area contributed by atoms with E-state index in [0.717, 1.165) is 17.8 Å². The van der Waals surface area contributed by atoms with Crippen LogP contribution in [0.3, 0.4) is 0 Å². The van der Waals surface area contributed by atoms with Crippen molar-refractivity contribution in [3.05, 3.63) is 109 Å². The van der Waals surface area contributed by atoms with Gasteiger partial charge in [0.1, 0.15) is 0 Å². The Morgan fingerprint density at radius 1 is 0.920 bits per heavy atom. The lowest BCUT2D eigenvalue weighted by Gasteiger charge is -2.05. The second-order valence-electron chi connectivity index (χ2n) is 6.12. The van der Waals surface area contributed by atoms with Crippen molar-refractivity contribution in [2.75, 3.05) is 11.9 Å². The summed E-state index contributed by atoms with van der Waals surface area (Å²) in [5.74, 6) is 0. The smallest absolute Gasteiger partial charge is 0.0349 e. The quantitative estimate of drug-likeness (QED) is 0.518. The van der Waals surface area contributed by atoms with Crippen molar-refractivity contribution in [1.82, 2.24) is 0 Å². The Kier molecular flexibility index (Phi) is 5.48. The first-order valence-electron chi connectivity index (χ1n) is 8.54. The van der Waals surface area contributed by atoms with Gasteiger partial charge < -0.3 is 5.32 Å². The summed E-state index contributed by atoms with van der Waals surface area (Å²) in [6, 6.07) is 23.2. The molecule has 25 heavy (non-hydrogen) atoms. The minimum Gasteiger partial charge on any atom is -0.382 e. The van der Waals surface area contributed by atoms with Crippen LogP contribution in [0, 0.1) is 6.92 Å². The molecule has 0 aliphatic carbocycles. The molecule has 1 nitrogen and oxygen atoms in total. The maximum atomic E-state index is 4.12. The molecule has 3 aromatic carbocycles. The van der Waals surface area contributed by atoms with Gasteiger partial charge in [-0.1, -0.05) is 91.0 Å². The number of hydrogen-bond donors (Lipinski definition) is 1. The third kappa shape index (κ3) is 4.71. The first kappa shape index (κ1) is 16.8. The summed E-state index contributed by atoms with van der Waals surface area (Å²) in [7, 11) is 0. The van der Waals surface area contributed by atoms with Crippen LogP contribution in [0.1, 0.15) is 11.1 Å². The van der Waals surface area contributed by atoms with Crippen molar-refractivity contribution in [2.24, 2.45) is 0 Å². The summed E-state index contributed by atoms with van der Waals surface area (Å²) < 4.78 is 0. The average molecular weight is 325 g/mol. The van der Waals surface area contributed by atoms with Crippen molar-refractivity contribution in [2.45, 2.75) is 6.92 Å². The fourth-order valence-corrected chi connectivity index (χ4v) is 2.74. The van der Waals surface area contributed by atoms with E-state index in [0.29, 0.717) is 0 Å². The van der Waals surface area contributed by atoms with Gasteiger partial charge in [-0.15, -0.1) is 0 Å². The van der Waals surface area contributed by atoms with E-state index >= 15 is 0 Å². The van der Waals surface area contributed by atoms with Crippen LogP contribution in [0.25, 0.3) is 16.3 Å². The van der Waals surface area contributed by atoms with Gasteiger partial charge in [-0.2, -0.15) is 0 Å². The summed E-state index contributed by atoms with van der Waals surface area (Å²) in [6.07, 6.45) is 8.23. The number of rotatable bonds is 6. The molecule has 0 unspecified atom stereocenters. The van der Waals surface area contributed by atoms with Crippen LogP contribution in [0.4, 0.5) is 5.69 Å². The molecule has 0 aliphatic rings. The normalized spacial score (nSPS) is 11.4. The van der Waals surface area contributed by atoms with Crippen LogP contribution < -0.4 is 5.32 Å². The number of nitrogens with one attached hydrogen (secondary N) is 1. The molecule has 3 aromatic rings. The fourth-order valence-electron chi connectivity index (χ4n) is 2.74. The first-order chi connectivity index (χ1) is 12.2. The van der Waals surface area contributed by atoms with Crippen molar-refractivity contribution in [1.29, 1.82) is 0 Å². The molecule has 1 N–H and O–H groups in total. The largest absolute Gasteiger partial charge is 0.382 e. The molecule has 0 atom stereocenters. The Morgan fingerprint density at radius 2 is 1.76 bits per heavy atom. The predicted octanol–water partition coefficient (Wildman–Crippen LogP) is 6.39. The average Bonchev–Trinajstić information content (AvgIpc) is 2.64. The van der Waals surface area contributed by atoms with E-state index in [1.165, 1.54) is 21.9 Å². The molecule has 0 spiro atoms. The topological polar surface area (TPSA) is 12.0 Å². The molecular formula is C24H23N. The molecule has 0 heterocycles. The number of hydrogen-bond acceptors (Lipinski definition) is 1. The Morgan fingerprint density at radius 3 is 2.60 bits per heavy atom. The zero-order chi connectivity index (χ0) is 17.5. The molecule has 3 rings (SSSR count). The minimum absolute atomic E-state index is 0.791. The van der Waals surface area contributed by atoms with Gasteiger partial charge in [0.2, 0.25) is 0 Å². The highest BCUT2D eigenvalue weighted by Gasteiger charge is 1.95. The maximum Gasteiger partial charge on any atom is 0.0349 e. The van der Waals surface area contributed by atoms with Gasteiger partial charge in [0.25, 0.3) is 0 Å². The van der Waals surface area contributed by atoms with E-state index < -0.39 is 0 Å². The predicted molar refractivity (Wildman–Crippen MR) is 111 cm³/mol. The highest BCUT2D eigenvalue weighted by atomic mass is 14.8. The molecule has 0 saturated carbocycles. The van der Waals surface area contributed by atoms with E-state index in [1.54, 1.807) is 0 Å². The van der Waals surface area contributed by atoms with Crippen LogP contribution in [0.2, 0.25) is 0 Å². The zero-order valence-corrected chi connectivity index (χ0v) is 14.6. The summed E-state index contributed by atoms with van der Waals surface area (Å²) in [6.45, 7) is 7.01. The van der Waals surface area contributed by atoms with Crippen LogP contribution >= 0.6 is 0 Å². The van der Waals surface area contributed by atoms with Crippen LogP contribution in [0.15, 0.2) is 97.6 Å². The summed E-state index contributed by atoms with van der Waals surface area (Å²) in [5.41, 5.74) is 4.58. The molecule has 0 radical (unpaired) electrons. The molecule has 1 heteroatoms. The SMILES string of the molecule is C=C(/C=C\C=C/CNc1ccc2ccccc2c1)c1cccc(C)c1. The van der Waals surface area contributed by atoms with E-state index in [-0.39, 0.29) is 0 Å². The van der Waals surface area contributed by atoms with Gasteiger partial charge in [0.15, 0.2) is 0 Å². The Bertz CT molecular complexity index is 931. The Balaban J connectivity index is 1.51. The van der Waals surface area contributed by atoms with E-state index in [2.05, 4.69) is 97.7 Å². The van der Waals surface area contributed by atoms with Gasteiger partial charge in [0.05, 0.1) is 0 Å². The second kappa shape index (κ2) is 8.16. The van der Waals surface area contributed by atoms with Crippen LogP contribution in [-0.2, 0) is 0 Å². The van der Waals surface area contributed by atoms with Crippen molar-refractivity contribution >= 4 is 22.0 Å². The monoisotopic (exact) mass is 325 g/mol. The molecule has 0 aromatic heterocycles. The van der Waals surface area contributed by atoms with Gasteiger partial charge >= 0.3 is 0 Å².